The second kappa shape index (κ2) is 7.94. The van der Waals surface area contributed by atoms with E-state index in [2.05, 4.69) is 91.0 Å². The van der Waals surface area contributed by atoms with Crippen LogP contribution < -0.4 is 0 Å². The average molecular weight is 384 g/mol. The van der Waals surface area contributed by atoms with E-state index >= 15 is 0 Å². The van der Waals surface area contributed by atoms with Gasteiger partial charge in [-0.15, -0.1) is 0 Å². The molecule has 0 saturated heterocycles. The quantitative estimate of drug-likeness (QED) is 0.337. The number of rotatable bonds is 6. The molecule has 2 heteroatoms. The van der Waals surface area contributed by atoms with Crippen LogP contribution in [0.4, 0.5) is 5.69 Å². The zero-order valence-corrected chi connectivity index (χ0v) is 18.1. The standard InChI is InChI=1S/C27H31N2/c1-5-6-9-19-29-24-17-15-21-12-7-8-14-23(21)26(24)27(3,4)25(29)18-16-22-13-10-11-20(2)28-22/h7-8,10-18H,5-6,9,19H2,1-4H3/q+1. The van der Waals surface area contributed by atoms with Crippen molar-refractivity contribution in [3.05, 3.63) is 77.6 Å². The number of hydrogen-bond acceptors (Lipinski definition) is 1. The number of fused-ring (bicyclic) bond motifs is 3. The van der Waals surface area contributed by atoms with E-state index in [1.54, 1.807) is 0 Å². The molecule has 0 bridgehead atoms. The van der Waals surface area contributed by atoms with E-state index < -0.39 is 0 Å². The molecule has 0 unspecified atom stereocenters. The van der Waals surface area contributed by atoms with Gasteiger partial charge >= 0.3 is 0 Å². The lowest BCUT2D eigenvalue weighted by atomic mass is 9.79. The van der Waals surface area contributed by atoms with Crippen LogP contribution in [-0.2, 0) is 5.41 Å². The summed E-state index contributed by atoms with van der Waals surface area (Å²) in [4.78, 5) is 4.66. The number of aryl methyl sites for hydroxylation is 1. The minimum absolute atomic E-state index is 0.0528. The van der Waals surface area contributed by atoms with Gasteiger partial charge in [-0.3, -0.25) is 4.98 Å². The van der Waals surface area contributed by atoms with Gasteiger partial charge in [-0.1, -0.05) is 43.7 Å². The van der Waals surface area contributed by atoms with Gasteiger partial charge < -0.3 is 0 Å². The topological polar surface area (TPSA) is 15.9 Å². The zero-order chi connectivity index (χ0) is 20.4. The summed E-state index contributed by atoms with van der Waals surface area (Å²) in [6, 6.07) is 19.6. The van der Waals surface area contributed by atoms with Crippen LogP contribution in [0.2, 0.25) is 0 Å². The fourth-order valence-electron chi connectivity index (χ4n) is 4.62. The maximum atomic E-state index is 4.66. The van der Waals surface area contributed by atoms with Gasteiger partial charge in [-0.2, -0.15) is 4.58 Å². The van der Waals surface area contributed by atoms with Crippen molar-refractivity contribution in [1.29, 1.82) is 0 Å². The van der Waals surface area contributed by atoms with Crippen LogP contribution in [0.25, 0.3) is 16.8 Å². The summed E-state index contributed by atoms with van der Waals surface area (Å²) >= 11 is 0. The van der Waals surface area contributed by atoms with Crippen LogP contribution in [0.1, 0.15) is 57.0 Å². The van der Waals surface area contributed by atoms with Crippen molar-refractivity contribution < 1.29 is 4.58 Å². The Hall–Kier alpha value is -2.74. The Morgan fingerprint density at radius 3 is 2.55 bits per heavy atom. The lowest BCUT2D eigenvalue weighted by molar-refractivity contribution is -0.438. The van der Waals surface area contributed by atoms with E-state index in [-0.39, 0.29) is 5.41 Å². The highest BCUT2D eigenvalue weighted by Gasteiger charge is 2.45. The SMILES string of the molecule is CCCCC[N+]1=C(C=Cc2cccc(C)n2)C(C)(C)c2c1ccc1ccccc21. The van der Waals surface area contributed by atoms with Gasteiger partial charge in [0.15, 0.2) is 5.71 Å². The number of hydrogen-bond donors (Lipinski definition) is 0. The smallest absolute Gasteiger partial charge is 0.210 e. The average Bonchev–Trinajstić information content (AvgIpc) is 2.93. The molecule has 2 heterocycles. The number of benzene rings is 2. The first-order chi connectivity index (χ1) is 14.0. The van der Waals surface area contributed by atoms with Crippen LogP contribution in [0, 0.1) is 6.92 Å². The highest BCUT2D eigenvalue weighted by Crippen LogP contribution is 2.44. The molecule has 1 aliphatic heterocycles. The Morgan fingerprint density at radius 2 is 1.76 bits per heavy atom. The largest absolute Gasteiger partial charge is 0.254 e. The van der Waals surface area contributed by atoms with Gasteiger partial charge in [0.25, 0.3) is 0 Å². The Morgan fingerprint density at radius 1 is 0.931 bits per heavy atom. The molecule has 1 aliphatic rings. The van der Waals surface area contributed by atoms with Crippen LogP contribution in [0.15, 0.2) is 60.7 Å². The molecule has 2 nitrogen and oxygen atoms in total. The van der Waals surface area contributed by atoms with Crippen LogP contribution >= 0.6 is 0 Å². The second-order valence-corrected chi connectivity index (χ2v) is 8.59. The molecule has 0 N–H and O–H groups in total. The van der Waals surface area contributed by atoms with E-state index in [1.807, 2.05) is 13.0 Å². The van der Waals surface area contributed by atoms with Crippen LogP contribution in [0.5, 0.6) is 0 Å². The number of allylic oxidation sites excluding steroid dienone is 1. The highest BCUT2D eigenvalue weighted by molar-refractivity contribution is 6.09. The van der Waals surface area contributed by atoms with Gasteiger partial charge in [0, 0.05) is 29.8 Å². The van der Waals surface area contributed by atoms with E-state index in [0.717, 1.165) is 17.9 Å². The first-order valence-electron chi connectivity index (χ1n) is 10.8. The summed E-state index contributed by atoms with van der Waals surface area (Å²) in [5, 5.41) is 2.69. The maximum absolute atomic E-state index is 4.66. The molecule has 0 radical (unpaired) electrons. The summed E-state index contributed by atoms with van der Waals surface area (Å²) in [7, 11) is 0. The number of aromatic nitrogens is 1. The molecule has 0 amide bonds. The molecule has 29 heavy (non-hydrogen) atoms. The van der Waals surface area contributed by atoms with Gasteiger partial charge in [0.1, 0.15) is 6.54 Å². The highest BCUT2D eigenvalue weighted by atomic mass is 15.1. The third-order valence-corrected chi connectivity index (χ3v) is 6.06. The van der Waals surface area contributed by atoms with Crippen molar-refractivity contribution in [3.63, 3.8) is 0 Å². The summed E-state index contributed by atoms with van der Waals surface area (Å²) in [6.45, 7) is 10.1. The molecule has 0 saturated carbocycles. The van der Waals surface area contributed by atoms with Crippen LogP contribution in [-0.4, -0.2) is 21.8 Å². The Bertz CT molecular complexity index is 1100. The van der Waals surface area contributed by atoms with Gasteiger partial charge in [-0.25, -0.2) is 0 Å². The Kier molecular flexibility index (Phi) is 5.36. The molecular formula is C27H31N2+. The van der Waals surface area contributed by atoms with E-state index in [1.165, 1.54) is 47.0 Å². The Balaban J connectivity index is 1.84. The van der Waals surface area contributed by atoms with Gasteiger partial charge in [0.2, 0.25) is 5.69 Å². The van der Waals surface area contributed by atoms with E-state index in [0.29, 0.717) is 0 Å². The van der Waals surface area contributed by atoms with E-state index in [4.69, 9.17) is 0 Å². The number of nitrogens with zero attached hydrogens (tertiary/aromatic N) is 2. The summed E-state index contributed by atoms with van der Waals surface area (Å²) in [6.07, 6.45) is 8.17. The summed E-state index contributed by atoms with van der Waals surface area (Å²) < 4.78 is 2.55. The molecule has 4 rings (SSSR count). The van der Waals surface area contributed by atoms with Crippen molar-refractivity contribution in [2.75, 3.05) is 6.54 Å². The minimum atomic E-state index is -0.0528. The first-order valence-corrected chi connectivity index (χ1v) is 10.8. The molecular weight excluding hydrogens is 352 g/mol. The van der Waals surface area contributed by atoms with Crippen molar-refractivity contribution in [2.24, 2.45) is 0 Å². The Labute approximate surface area is 174 Å². The minimum Gasteiger partial charge on any atom is -0.254 e. The monoisotopic (exact) mass is 383 g/mol. The number of unbranched alkanes of at least 4 members (excludes halogenated alkanes) is 2. The normalized spacial score (nSPS) is 15.4. The zero-order valence-electron chi connectivity index (χ0n) is 18.1. The third-order valence-electron chi connectivity index (χ3n) is 6.06. The maximum Gasteiger partial charge on any atom is 0.210 e. The molecule has 1 aromatic heterocycles. The summed E-state index contributed by atoms with van der Waals surface area (Å²) in [5.41, 5.74) is 6.19. The predicted octanol–water partition coefficient (Wildman–Crippen LogP) is 6.82. The van der Waals surface area contributed by atoms with Crippen molar-refractivity contribution in [1.82, 2.24) is 4.98 Å². The predicted molar refractivity (Wildman–Crippen MR) is 124 cm³/mol. The molecule has 3 aromatic rings. The lowest BCUT2D eigenvalue weighted by Crippen LogP contribution is -2.28. The lowest BCUT2D eigenvalue weighted by Gasteiger charge is -2.17. The number of pyridine rings is 1. The first kappa shape index (κ1) is 19.6. The summed E-state index contributed by atoms with van der Waals surface area (Å²) in [5.74, 6) is 0. The van der Waals surface area contributed by atoms with E-state index in [9.17, 15) is 0 Å². The fourth-order valence-corrected chi connectivity index (χ4v) is 4.62. The molecule has 0 fully saturated rings. The fraction of sp³-hybridized carbons (Fsp3) is 0.333. The van der Waals surface area contributed by atoms with Crippen molar-refractivity contribution in [2.45, 2.75) is 52.4 Å². The molecule has 148 valence electrons. The van der Waals surface area contributed by atoms with Crippen molar-refractivity contribution >= 4 is 28.2 Å². The van der Waals surface area contributed by atoms with Gasteiger partial charge in [0.05, 0.1) is 11.1 Å². The van der Waals surface area contributed by atoms with Gasteiger partial charge in [-0.05, 0) is 62.2 Å². The second-order valence-electron chi connectivity index (χ2n) is 8.59. The third kappa shape index (κ3) is 3.64. The van der Waals surface area contributed by atoms with Crippen molar-refractivity contribution in [3.8, 4) is 0 Å². The molecule has 2 aromatic carbocycles. The van der Waals surface area contributed by atoms with Crippen LogP contribution in [0.3, 0.4) is 0 Å². The molecule has 0 aliphatic carbocycles. The molecule has 0 atom stereocenters. The molecule has 0 spiro atoms.